The molecular formula is C15H23NO2S. The summed E-state index contributed by atoms with van der Waals surface area (Å²) < 4.78 is 19.7. The van der Waals surface area contributed by atoms with Gasteiger partial charge in [0.05, 0.1) is 14.6 Å². The highest BCUT2D eigenvalue weighted by molar-refractivity contribution is 7.12. The van der Waals surface area contributed by atoms with Crippen LogP contribution >= 0.6 is 11.3 Å². The number of nitrogens with one attached hydrogen (secondary N) is 1. The van der Waals surface area contributed by atoms with Gasteiger partial charge in [0.15, 0.2) is 0 Å². The van der Waals surface area contributed by atoms with Crippen LogP contribution in [-0.2, 0) is 28.1 Å². The largest absolute Gasteiger partial charge is 0.376 e. The van der Waals surface area contributed by atoms with Crippen LogP contribution in [0.1, 0.15) is 43.4 Å². The van der Waals surface area contributed by atoms with E-state index < -0.39 is 6.58 Å². The van der Waals surface area contributed by atoms with Gasteiger partial charge in [-0.1, -0.05) is 0 Å². The molecule has 3 atom stereocenters. The Bertz CT molecular complexity index is 478. The SMILES string of the molecule is [2H]C(OCC)c1cc2c(s1)[C@]1(CCN[C@@H](C)C1)OCC2. The fraction of sp³-hybridized carbons (Fsp3) is 0.733. The van der Waals surface area contributed by atoms with Gasteiger partial charge in [0, 0.05) is 22.4 Å². The van der Waals surface area contributed by atoms with Crippen molar-refractivity contribution in [2.45, 2.75) is 51.3 Å². The lowest BCUT2D eigenvalue weighted by Crippen LogP contribution is -2.48. The number of hydrogen-bond donors (Lipinski definition) is 1. The first-order valence-corrected chi connectivity index (χ1v) is 8.00. The first-order valence-electron chi connectivity index (χ1n) is 7.76. The zero-order valence-electron chi connectivity index (χ0n) is 12.7. The molecule has 1 aromatic rings. The Morgan fingerprint density at radius 2 is 2.58 bits per heavy atom. The molecule has 0 saturated carbocycles. The molecule has 0 amide bonds. The Balaban J connectivity index is 1.92. The van der Waals surface area contributed by atoms with Crippen LogP contribution in [0, 0.1) is 0 Å². The van der Waals surface area contributed by atoms with E-state index in [1.807, 2.05) is 6.92 Å². The van der Waals surface area contributed by atoms with Gasteiger partial charge in [-0.05, 0) is 51.3 Å². The van der Waals surface area contributed by atoms with Crippen LogP contribution in [-0.4, -0.2) is 25.8 Å². The standard InChI is InChI=1S/C15H23NO2S/c1-3-17-10-13-8-12-4-7-18-15(14(12)19-13)5-6-16-11(2)9-15/h8,11,16H,3-7,9-10H2,1-2H3/t11-,15+/m0/s1/i10D/t10?,11-,15+. The van der Waals surface area contributed by atoms with E-state index in [0.717, 1.165) is 37.3 Å². The third kappa shape index (κ3) is 2.59. The van der Waals surface area contributed by atoms with Crippen molar-refractivity contribution >= 4 is 11.3 Å². The second-order valence-electron chi connectivity index (χ2n) is 5.48. The van der Waals surface area contributed by atoms with E-state index in [4.69, 9.17) is 10.8 Å². The Labute approximate surface area is 120 Å². The van der Waals surface area contributed by atoms with E-state index >= 15 is 0 Å². The summed E-state index contributed by atoms with van der Waals surface area (Å²) in [7, 11) is 0. The van der Waals surface area contributed by atoms with Gasteiger partial charge in [-0.25, -0.2) is 0 Å². The first kappa shape index (κ1) is 12.3. The lowest BCUT2D eigenvalue weighted by Gasteiger charge is -2.42. The number of fused-ring (bicyclic) bond motifs is 2. The Hall–Kier alpha value is -0.420. The molecule has 1 N–H and O–H groups in total. The summed E-state index contributed by atoms with van der Waals surface area (Å²) in [5.74, 6) is 0. The van der Waals surface area contributed by atoms with E-state index in [0.29, 0.717) is 12.6 Å². The molecular weight excluding hydrogens is 258 g/mol. The summed E-state index contributed by atoms with van der Waals surface area (Å²) >= 11 is 1.73. The molecule has 3 rings (SSSR count). The van der Waals surface area contributed by atoms with Gasteiger partial charge in [0.25, 0.3) is 0 Å². The third-order valence-corrected chi connectivity index (χ3v) is 5.30. The summed E-state index contributed by atoms with van der Waals surface area (Å²) in [4.78, 5) is 2.37. The number of ether oxygens (including phenoxy) is 2. The fourth-order valence-electron chi connectivity index (χ4n) is 3.19. The molecule has 19 heavy (non-hydrogen) atoms. The second-order valence-corrected chi connectivity index (χ2v) is 6.56. The highest BCUT2D eigenvalue weighted by Gasteiger charge is 2.42. The molecule has 2 aliphatic heterocycles. The van der Waals surface area contributed by atoms with E-state index in [-0.39, 0.29) is 5.60 Å². The predicted molar refractivity (Wildman–Crippen MR) is 77.7 cm³/mol. The van der Waals surface area contributed by atoms with Crippen LogP contribution in [0.4, 0.5) is 0 Å². The molecule has 1 saturated heterocycles. The maximum absolute atomic E-state index is 8.07. The maximum Gasteiger partial charge on any atom is 0.105 e. The summed E-state index contributed by atoms with van der Waals surface area (Å²) in [5, 5.41) is 3.50. The highest BCUT2D eigenvalue weighted by Crippen LogP contribution is 2.45. The third-order valence-electron chi connectivity index (χ3n) is 4.02. The Morgan fingerprint density at radius 3 is 3.37 bits per heavy atom. The summed E-state index contributed by atoms with van der Waals surface area (Å²) in [6, 6.07) is 2.66. The molecule has 1 fully saturated rings. The topological polar surface area (TPSA) is 30.5 Å². The molecule has 0 bridgehead atoms. The molecule has 4 heteroatoms. The molecule has 3 nitrogen and oxygen atoms in total. The summed E-state index contributed by atoms with van der Waals surface area (Å²) in [6.45, 7) is 6.00. The molecule has 106 valence electrons. The van der Waals surface area contributed by atoms with Crippen molar-refractivity contribution in [3.05, 3.63) is 21.4 Å². The molecule has 1 aromatic heterocycles. The van der Waals surface area contributed by atoms with Crippen LogP contribution in [0.25, 0.3) is 0 Å². The van der Waals surface area contributed by atoms with E-state index in [2.05, 4.69) is 18.3 Å². The van der Waals surface area contributed by atoms with Crippen molar-refractivity contribution in [2.24, 2.45) is 0 Å². The number of thiophene rings is 1. The van der Waals surface area contributed by atoms with Gasteiger partial charge in [-0.3, -0.25) is 0 Å². The molecule has 0 aromatic carbocycles. The average Bonchev–Trinajstić information content (AvgIpc) is 2.85. The van der Waals surface area contributed by atoms with E-state index in [9.17, 15) is 0 Å². The van der Waals surface area contributed by atoms with Crippen molar-refractivity contribution in [1.82, 2.24) is 5.32 Å². The molecule has 2 aliphatic rings. The molecule has 1 spiro atoms. The van der Waals surface area contributed by atoms with Gasteiger partial charge < -0.3 is 14.8 Å². The zero-order chi connectivity index (χ0) is 14.2. The minimum atomic E-state index is -0.549. The van der Waals surface area contributed by atoms with Crippen molar-refractivity contribution in [1.29, 1.82) is 0 Å². The number of rotatable bonds is 3. The van der Waals surface area contributed by atoms with E-state index in [1.165, 1.54) is 10.4 Å². The van der Waals surface area contributed by atoms with Gasteiger partial charge in [0.2, 0.25) is 0 Å². The average molecular weight is 282 g/mol. The van der Waals surface area contributed by atoms with Gasteiger partial charge in [0.1, 0.15) is 5.60 Å². The summed E-state index contributed by atoms with van der Waals surface area (Å²) in [6.07, 6.45) is 3.02. The fourth-order valence-corrected chi connectivity index (χ4v) is 4.47. The predicted octanol–water partition coefficient (Wildman–Crippen LogP) is 2.82. The zero-order valence-corrected chi connectivity index (χ0v) is 12.5. The smallest absolute Gasteiger partial charge is 0.105 e. The monoisotopic (exact) mass is 282 g/mol. The maximum atomic E-state index is 8.07. The van der Waals surface area contributed by atoms with Crippen molar-refractivity contribution < 1.29 is 10.8 Å². The summed E-state index contributed by atoms with van der Waals surface area (Å²) in [5.41, 5.74) is 1.26. The van der Waals surface area contributed by atoms with Gasteiger partial charge in [-0.15, -0.1) is 11.3 Å². The van der Waals surface area contributed by atoms with Gasteiger partial charge in [-0.2, -0.15) is 0 Å². The van der Waals surface area contributed by atoms with Crippen molar-refractivity contribution in [3.8, 4) is 0 Å². The lowest BCUT2D eigenvalue weighted by atomic mass is 9.83. The van der Waals surface area contributed by atoms with Crippen molar-refractivity contribution in [2.75, 3.05) is 19.8 Å². The Kier molecular flexibility index (Phi) is 3.58. The highest BCUT2D eigenvalue weighted by atomic mass is 32.1. The lowest BCUT2D eigenvalue weighted by molar-refractivity contribution is -0.0848. The van der Waals surface area contributed by atoms with Crippen molar-refractivity contribution in [3.63, 3.8) is 0 Å². The van der Waals surface area contributed by atoms with Crippen LogP contribution < -0.4 is 5.32 Å². The van der Waals surface area contributed by atoms with Gasteiger partial charge >= 0.3 is 0 Å². The molecule has 0 radical (unpaired) electrons. The molecule has 1 unspecified atom stereocenters. The van der Waals surface area contributed by atoms with Crippen LogP contribution in [0.2, 0.25) is 0 Å². The second kappa shape index (κ2) is 5.52. The number of hydrogen-bond acceptors (Lipinski definition) is 4. The minimum absolute atomic E-state index is 0.118. The minimum Gasteiger partial charge on any atom is -0.376 e. The number of piperidine rings is 1. The normalized spacial score (nSPS) is 32.9. The first-order chi connectivity index (χ1) is 9.64. The van der Waals surface area contributed by atoms with Crippen LogP contribution in [0.5, 0.6) is 0 Å². The molecule has 3 heterocycles. The van der Waals surface area contributed by atoms with Crippen LogP contribution in [0.3, 0.4) is 0 Å². The van der Waals surface area contributed by atoms with E-state index in [1.54, 1.807) is 11.3 Å². The van der Waals surface area contributed by atoms with Crippen LogP contribution in [0.15, 0.2) is 6.07 Å². The quantitative estimate of drug-likeness (QED) is 0.925. The Morgan fingerprint density at radius 1 is 1.68 bits per heavy atom. The molecule has 0 aliphatic carbocycles.